The van der Waals surface area contributed by atoms with Crippen molar-refractivity contribution < 1.29 is 4.52 Å². The minimum absolute atomic E-state index is 0.179. The van der Waals surface area contributed by atoms with E-state index in [1.54, 1.807) is 0 Å². The van der Waals surface area contributed by atoms with Crippen molar-refractivity contribution >= 4 is 11.6 Å². The van der Waals surface area contributed by atoms with Crippen molar-refractivity contribution in [3.8, 4) is 11.4 Å². The average Bonchev–Trinajstić information content (AvgIpc) is 2.82. The van der Waals surface area contributed by atoms with Crippen molar-refractivity contribution in [3.63, 3.8) is 0 Å². The van der Waals surface area contributed by atoms with Gasteiger partial charge in [0.2, 0.25) is 11.7 Å². The Balaban J connectivity index is 1.80. The third-order valence-corrected chi connectivity index (χ3v) is 4.16. The molecule has 0 radical (unpaired) electrons. The molecule has 4 nitrogen and oxygen atoms in total. The molecule has 0 saturated heterocycles. The number of nitrogens with two attached hydrogens (primary N) is 1. The first-order valence-corrected chi connectivity index (χ1v) is 6.87. The first-order valence-electron chi connectivity index (χ1n) is 6.49. The zero-order valence-corrected chi connectivity index (χ0v) is 11.4. The summed E-state index contributed by atoms with van der Waals surface area (Å²) in [5.74, 6) is 1.25. The predicted octanol–water partition coefficient (Wildman–Crippen LogP) is 3.06. The first kappa shape index (κ1) is 12.6. The molecule has 19 heavy (non-hydrogen) atoms. The van der Waals surface area contributed by atoms with Crippen LogP contribution in [0.25, 0.3) is 11.4 Å². The van der Waals surface area contributed by atoms with Crippen LogP contribution in [-0.4, -0.2) is 16.7 Å². The SMILES string of the molecule is NCC1(Cc2nc(-c3cccc(Cl)c3)no2)CCC1. The molecular formula is C14H16ClN3O. The van der Waals surface area contributed by atoms with E-state index >= 15 is 0 Å². The number of aromatic nitrogens is 2. The minimum atomic E-state index is 0.179. The van der Waals surface area contributed by atoms with Gasteiger partial charge >= 0.3 is 0 Å². The number of halogens is 1. The molecule has 1 aromatic carbocycles. The first-order chi connectivity index (χ1) is 9.21. The average molecular weight is 278 g/mol. The lowest BCUT2D eigenvalue weighted by molar-refractivity contribution is 0.129. The fraction of sp³-hybridized carbons (Fsp3) is 0.429. The van der Waals surface area contributed by atoms with Crippen molar-refractivity contribution in [2.45, 2.75) is 25.7 Å². The minimum Gasteiger partial charge on any atom is -0.339 e. The Kier molecular flexibility index (Phi) is 3.29. The monoisotopic (exact) mass is 277 g/mol. The Morgan fingerprint density at radius 2 is 2.21 bits per heavy atom. The lowest BCUT2D eigenvalue weighted by atomic mass is 9.67. The van der Waals surface area contributed by atoms with Crippen molar-refractivity contribution in [1.29, 1.82) is 0 Å². The summed E-state index contributed by atoms with van der Waals surface area (Å²) < 4.78 is 5.33. The number of hydrogen-bond donors (Lipinski definition) is 1. The molecule has 1 aromatic heterocycles. The number of benzene rings is 1. The maximum atomic E-state index is 5.96. The highest BCUT2D eigenvalue weighted by atomic mass is 35.5. The van der Waals surface area contributed by atoms with E-state index in [1.807, 2.05) is 24.3 Å². The van der Waals surface area contributed by atoms with Gasteiger partial charge in [0.1, 0.15) is 0 Å². The lowest BCUT2D eigenvalue weighted by Crippen LogP contribution is -2.39. The molecule has 1 saturated carbocycles. The second-order valence-electron chi connectivity index (χ2n) is 5.26. The molecule has 0 unspecified atom stereocenters. The van der Waals surface area contributed by atoms with E-state index in [0.717, 1.165) is 24.8 Å². The summed E-state index contributed by atoms with van der Waals surface area (Å²) in [5.41, 5.74) is 6.90. The summed E-state index contributed by atoms with van der Waals surface area (Å²) in [4.78, 5) is 4.44. The van der Waals surface area contributed by atoms with Gasteiger partial charge in [0.15, 0.2) is 0 Å². The predicted molar refractivity (Wildman–Crippen MR) is 73.8 cm³/mol. The quantitative estimate of drug-likeness (QED) is 0.933. The van der Waals surface area contributed by atoms with E-state index in [2.05, 4.69) is 10.1 Å². The molecule has 5 heteroatoms. The second-order valence-corrected chi connectivity index (χ2v) is 5.69. The molecule has 0 spiro atoms. The maximum absolute atomic E-state index is 5.96. The van der Waals surface area contributed by atoms with E-state index in [1.165, 1.54) is 6.42 Å². The van der Waals surface area contributed by atoms with Gasteiger partial charge in [-0.2, -0.15) is 4.98 Å². The van der Waals surface area contributed by atoms with Crippen molar-refractivity contribution in [3.05, 3.63) is 35.2 Å². The molecule has 0 amide bonds. The van der Waals surface area contributed by atoms with Crippen molar-refractivity contribution in [2.24, 2.45) is 11.1 Å². The van der Waals surface area contributed by atoms with Crippen LogP contribution in [0.5, 0.6) is 0 Å². The van der Waals surface area contributed by atoms with Crippen LogP contribution in [0.3, 0.4) is 0 Å². The largest absolute Gasteiger partial charge is 0.339 e. The summed E-state index contributed by atoms with van der Waals surface area (Å²) in [6.45, 7) is 0.682. The molecule has 100 valence electrons. The van der Waals surface area contributed by atoms with Crippen LogP contribution in [-0.2, 0) is 6.42 Å². The molecule has 2 aromatic rings. The second kappa shape index (κ2) is 4.94. The van der Waals surface area contributed by atoms with Gasteiger partial charge in [0.05, 0.1) is 0 Å². The summed E-state index contributed by atoms with van der Waals surface area (Å²) in [7, 11) is 0. The van der Waals surface area contributed by atoms with Gasteiger partial charge in [-0.1, -0.05) is 35.3 Å². The molecule has 0 aliphatic heterocycles. The molecule has 2 N–H and O–H groups in total. The Morgan fingerprint density at radius 3 is 2.84 bits per heavy atom. The van der Waals surface area contributed by atoms with Crippen LogP contribution >= 0.6 is 11.6 Å². The fourth-order valence-electron chi connectivity index (χ4n) is 2.52. The highest BCUT2D eigenvalue weighted by molar-refractivity contribution is 6.30. The highest BCUT2D eigenvalue weighted by Crippen LogP contribution is 2.42. The fourth-order valence-corrected chi connectivity index (χ4v) is 2.71. The van der Waals surface area contributed by atoms with E-state index in [9.17, 15) is 0 Å². The molecule has 1 aliphatic rings. The summed E-state index contributed by atoms with van der Waals surface area (Å²) in [6, 6.07) is 7.45. The summed E-state index contributed by atoms with van der Waals surface area (Å²) in [6.07, 6.45) is 4.32. The third kappa shape index (κ3) is 2.51. The third-order valence-electron chi connectivity index (χ3n) is 3.92. The van der Waals surface area contributed by atoms with E-state index in [0.29, 0.717) is 23.3 Å². The summed E-state index contributed by atoms with van der Waals surface area (Å²) in [5, 5.41) is 4.69. The number of hydrogen-bond acceptors (Lipinski definition) is 4. The van der Waals surface area contributed by atoms with E-state index in [4.69, 9.17) is 21.9 Å². The molecule has 1 heterocycles. The highest BCUT2D eigenvalue weighted by Gasteiger charge is 2.37. The van der Waals surface area contributed by atoms with Gasteiger partial charge in [0.25, 0.3) is 0 Å². The molecular weight excluding hydrogens is 262 g/mol. The number of nitrogens with zero attached hydrogens (tertiary/aromatic N) is 2. The number of rotatable bonds is 4. The Bertz CT molecular complexity index is 572. The molecule has 1 fully saturated rings. The normalized spacial score (nSPS) is 17.2. The van der Waals surface area contributed by atoms with Crippen LogP contribution in [0.1, 0.15) is 25.2 Å². The van der Waals surface area contributed by atoms with Gasteiger partial charge in [-0.25, -0.2) is 0 Å². The van der Waals surface area contributed by atoms with Crippen LogP contribution in [0, 0.1) is 5.41 Å². The van der Waals surface area contributed by atoms with Gasteiger partial charge in [-0.3, -0.25) is 0 Å². The maximum Gasteiger partial charge on any atom is 0.227 e. The standard InChI is InChI=1S/C14H16ClN3O/c15-11-4-1-3-10(7-11)13-17-12(19-18-13)8-14(9-16)5-2-6-14/h1,3-4,7H,2,5-6,8-9,16H2. The Morgan fingerprint density at radius 1 is 1.37 bits per heavy atom. The molecule has 3 rings (SSSR count). The lowest BCUT2D eigenvalue weighted by Gasteiger charge is -2.39. The molecule has 1 aliphatic carbocycles. The van der Waals surface area contributed by atoms with Gasteiger partial charge in [0, 0.05) is 17.0 Å². The zero-order chi connectivity index (χ0) is 13.3. The summed E-state index contributed by atoms with van der Waals surface area (Å²) >= 11 is 5.96. The molecule has 0 atom stereocenters. The Labute approximate surface area is 117 Å². The topological polar surface area (TPSA) is 64.9 Å². The van der Waals surface area contributed by atoms with Crippen LogP contribution in [0.4, 0.5) is 0 Å². The zero-order valence-electron chi connectivity index (χ0n) is 10.6. The van der Waals surface area contributed by atoms with Crippen molar-refractivity contribution in [1.82, 2.24) is 10.1 Å². The van der Waals surface area contributed by atoms with Gasteiger partial charge < -0.3 is 10.3 Å². The smallest absolute Gasteiger partial charge is 0.227 e. The Hall–Kier alpha value is -1.39. The van der Waals surface area contributed by atoms with Gasteiger partial charge in [-0.15, -0.1) is 0 Å². The van der Waals surface area contributed by atoms with Crippen LogP contribution in [0.2, 0.25) is 5.02 Å². The van der Waals surface area contributed by atoms with Crippen LogP contribution < -0.4 is 5.73 Å². The van der Waals surface area contributed by atoms with E-state index in [-0.39, 0.29) is 5.41 Å². The van der Waals surface area contributed by atoms with Gasteiger partial charge in [-0.05, 0) is 36.9 Å². The van der Waals surface area contributed by atoms with E-state index < -0.39 is 0 Å². The molecule has 0 bridgehead atoms. The van der Waals surface area contributed by atoms with Crippen LogP contribution in [0.15, 0.2) is 28.8 Å². The van der Waals surface area contributed by atoms with Crippen molar-refractivity contribution in [2.75, 3.05) is 6.54 Å².